The van der Waals surface area contributed by atoms with Crippen LogP contribution in [0.4, 0.5) is 0 Å². The summed E-state index contributed by atoms with van der Waals surface area (Å²) in [5.41, 5.74) is 2.10. The number of nitrogens with zero attached hydrogens (tertiary/aromatic N) is 4. The molecule has 0 radical (unpaired) electrons. The molecule has 1 aliphatic rings. The standard InChI is InChI=1S/C26H25N5O3S/c1-26(2,19-10-11-21-22(15-19)34-14-13-33-21)28-23(32)17-35-25-30-29-24(18-7-6-12-27-16-18)31(25)20-8-4-3-5-9-20/h3-12,15-16H,13-14,17H2,1-2H3,(H,28,32). The van der Waals surface area contributed by atoms with E-state index < -0.39 is 5.54 Å². The Labute approximate surface area is 207 Å². The summed E-state index contributed by atoms with van der Waals surface area (Å²) in [4.78, 5) is 17.2. The summed E-state index contributed by atoms with van der Waals surface area (Å²) < 4.78 is 13.3. The maximum atomic E-state index is 13.0. The van der Waals surface area contributed by atoms with Gasteiger partial charge in [-0.2, -0.15) is 0 Å². The highest BCUT2D eigenvalue weighted by molar-refractivity contribution is 7.99. The van der Waals surface area contributed by atoms with Crippen molar-refractivity contribution in [3.63, 3.8) is 0 Å². The second-order valence-electron chi connectivity index (χ2n) is 8.54. The van der Waals surface area contributed by atoms with E-state index in [-0.39, 0.29) is 11.7 Å². The number of nitrogens with one attached hydrogen (secondary N) is 1. The molecule has 8 nitrogen and oxygen atoms in total. The molecule has 0 bridgehead atoms. The van der Waals surface area contributed by atoms with Gasteiger partial charge in [0.15, 0.2) is 22.5 Å². The molecule has 4 aromatic rings. The first-order chi connectivity index (χ1) is 17.0. The molecule has 0 atom stereocenters. The average Bonchev–Trinajstić information content (AvgIpc) is 3.32. The van der Waals surface area contributed by atoms with Crippen molar-refractivity contribution in [2.24, 2.45) is 0 Å². The first-order valence-corrected chi connectivity index (χ1v) is 12.2. The number of para-hydroxylation sites is 1. The molecular formula is C26H25N5O3S. The van der Waals surface area contributed by atoms with Crippen LogP contribution in [0.3, 0.4) is 0 Å². The Hall–Kier alpha value is -3.85. The number of thioether (sulfide) groups is 1. The van der Waals surface area contributed by atoms with Crippen LogP contribution >= 0.6 is 11.8 Å². The van der Waals surface area contributed by atoms with Gasteiger partial charge in [-0.1, -0.05) is 36.0 Å². The molecule has 3 heterocycles. The Morgan fingerprint density at radius 3 is 2.60 bits per heavy atom. The van der Waals surface area contributed by atoms with Gasteiger partial charge < -0.3 is 14.8 Å². The highest BCUT2D eigenvalue weighted by Crippen LogP contribution is 2.34. The minimum Gasteiger partial charge on any atom is -0.486 e. The van der Waals surface area contributed by atoms with Gasteiger partial charge in [0.2, 0.25) is 5.91 Å². The van der Waals surface area contributed by atoms with Crippen molar-refractivity contribution in [2.45, 2.75) is 24.5 Å². The number of amides is 1. The fourth-order valence-corrected chi connectivity index (χ4v) is 4.63. The molecule has 0 fully saturated rings. The number of hydrogen-bond acceptors (Lipinski definition) is 7. The number of benzene rings is 2. The van der Waals surface area contributed by atoms with Crippen LogP contribution in [0.5, 0.6) is 11.5 Å². The molecular weight excluding hydrogens is 462 g/mol. The van der Waals surface area contributed by atoms with Gasteiger partial charge >= 0.3 is 0 Å². The van der Waals surface area contributed by atoms with Crippen LogP contribution in [0.15, 0.2) is 78.2 Å². The van der Waals surface area contributed by atoms with Gasteiger partial charge in [0.25, 0.3) is 0 Å². The van der Waals surface area contributed by atoms with E-state index in [1.54, 1.807) is 12.4 Å². The fourth-order valence-electron chi connectivity index (χ4n) is 3.87. The molecule has 0 aliphatic carbocycles. The monoisotopic (exact) mass is 487 g/mol. The molecule has 2 aromatic heterocycles. The Morgan fingerprint density at radius 1 is 1.03 bits per heavy atom. The minimum atomic E-state index is -0.596. The number of rotatable bonds is 7. The van der Waals surface area contributed by atoms with E-state index in [2.05, 4.69) is 20.5 Å². The van der Waals surface area contributed by atoms with E-state index >= 15 is 0 Å². The molecule has 1 aliphatic heterocycles. The third kappa shape index (κ3) is 5.00. The molecule has 35 heavy (non-hydrogen) atoms. The zero-order valence-corrected chi connectivity index (χ0v) is 20.3. The van der Waals surface area contributed by atoms with E-state index in [1.165, 1.54) is 11.8 Å². The molecule has 0 spiro atoms. The zero-order chi connectivity index (χ0) is 24.3. The third-order valence-electron chi connectivity index (χ3n) is 5.62. The lowest BCUT2D eigenvalue weighted by Gasteiger charge is -2.28. The van der Waals surface area contributed by atoms with Crippen LogP contribution < -0.4 is 14.8 Å². The van der Waals surface area contributed by atoms with Gasteiger partial charge in [-0.25, -0.2) is 0 Å². The van der Waals surface area contributed by atoms with Gasteiger partial charge in [-0.15, -0.1) is 10.2 Å². The van der Waals surface area contributed by atoms with Crippen LogP contribution in [-0.2, 0) is 10.3 Å². The Kier molecular flexibility index (Phi) is 6.41. The predicted octanol–water partition coefficient (Wildman–Crippen LogP) is 4.24. The molecule has 5 rings (SSSR count). The molecule has 1 amide bonds. The van der Waals surface area contributed by atoms with E-state index in [1.807, 2.05) is 79.1 Å². The summed E-state index contributed by atoms with van der Waals surface area (Å²) in [5, 5.41) is 12.5. The van der Waals surface area contributed by atoms with Crippen molar-refractivity contribution in [2.75, 3.05) is 19.0 Å². The van der Waals surface area contributed by atoms with E-state index in [9.17, 15) is 4.79 Å². The van der Waals surface area contributed by atoms with Gasteiger partial charge in [-0.3, -0.25) is 14.3 Å². The minimum absolute atomic E-state index is 0.111. The lowest BCUT2D eigenvalue weighted by molar-refractivity contribution is -0.120. The maximum Gasteiger partial charge on any atom is 0.231 e. The zero-order valence-electron chi connectivity index (χ0n) is 19.5. The summed E-state index contributed by atoms with van der Waals surface area (Å²) in [6.45, 7) is 4.99. The first-order valence-electron chi connectivity index (χ1n) is 11.3. The number of hydrogen-bond donors (Lipinski definition) is 1. The number of pyridine rings is 1. The third-order valence-corrected chi connectivity index (χ3v) is 6.54. The lowest BCUT2D eigenvalue weighted by atomic mass is 9.93. The van der Waals surface area contributed by atoms with Crippen LogP contribution in [0.1, 0.15) is 19.4 Å². The second-order valence-corrected chi connectivity index (χ2v) is 9.48. The van der Waals surface area contributed by atoms with Crippen molar-refractivity contribution in [1.82, 2.24) is 25.1 Å². The van der Waals surface area contributed by atoms with Crippen LogP contribution in [0.25, 0.3) is 17.1 Å². The quantitative estimate of drug-likeness (QED) is 0.390. The average molecular weight is 488 g/mol. The van der Waals surface area contributed by atoms with Crippen molar-refractivity contribution in [3.05, 3.63) is 78.6 Å². The number of ether oxygens (including phenoxy) is 2. The Morgan fingerprint density at radius 2 is 1.83 bits per heavy atom. The normalized spacial score (nSPS) is 12.9. The van der Waals surface area contributed by atoms with Gasteiger partial charge in [0.05, 0.1) is 11.3 Å². The van der Waals surface area contributed by atoms with Gasteiger partial charge in [-0.05, 0) is 55.8 Å². The summed E-state index contributed by atoms with van der Waals surface area (Å²) >= 11 is 1.34. The first kappa shape index (κ1) is 22.9. The highest BCUT2D eigenvalue weighted by atomic mass is 32.2. The number of carbonyl (C=O) groups is 1. The van der Waals surface area contributed by atoms with Crippen molar-refractivity contribution in [3.8, 4) is 28.6 Å². The van der Waals surface area contributed by atoms with Crippen molar-refractivity contribution in [1.29, 1.82) is 0 Å². The summed E-state index contributed by atoms with van der Waals surface area (Å²) in [5.74, 6) is 2.17. The Bertz CT molecular complexity index is 1330. The smallest absolute Gasteiger partial charge is 0.231 e. The molecule has 2 aromatic carbocycles. The molecule has 9 heteroatoms. The highest BCUT2D eigenvalue weighted by Gasteiger charge is 2.26. The molecule has 178 valence electrons. The van der Waals surface area contributed by atoms with Crippen molar-refractivity contribution >= 4 is 17.7 Å². The van der Waals surface area contributed by atoms with Crippen molar-refractivity contribution < 1.29 is 14.3 Å². The van der Waals surface area contributed by atoms with Crippen LogP contribution in [0, 0.1) is 0 Å². The molecule has 0 unspecified atom stereocenters. The van der Waals surface area contributed by atoms with Crippen LogP contribution in [-0.4, -0.2) is 44.6 Å². The molecule has 0 saturated carbocycles. The lowest BCUT2D eigenvalue weighted by Crippen LogP contribution is -2.42. The Balaban J connectivity index is 1.33. The predicted molar refractivity (Wildman–Crippen MR) is 134 cm³/mol. The number of aromatic nitrogens is 4. The largest absolute Gasteiger partial charge is 0.486 e. The van der Waals surface area contributed by atoms with Gasteiger partial charge in [0, 0.05) is 23.6 Å². The number of carbonyl (C=O) groups excluding carboxylic acids is 1. The summed E-state index contributed by atoms with van der Waals surface area (Å²) in [7, 11) is 0. The second kappa shape index (κ2) is 9.79. The summed E-state index contributed by atoms with van der Waals surface area (Å²) in [6.07, 6.45) is 3.47. The molecule has 0 saturated heterocycles. The topological polar surface area (TPSA) is 91.2 Å². The SMILES string of the molecule is CC(C)(NC(=O)CSc1nnc(-c2cccnc2)n1-c1ccccc1)c1ccc2c(c1)OCCO2. The van der Waals surface area contributed by atoms with Crippen LogP contribution in [0.2, 0.25) is 0 Å². The number of fused-ring (bicyclic) bond motifs is 1. The van der Waals surface area contributed by atoms with E-state index in [4.69, 9.17) is 9.47 Å². The maximum absolute atomic E-state index is 13.0. The summed E-state index contributed by atoms with van der Waals surface area (Å²) in [6, 6.07) is 19.4. The van der Waals surface area contributed by atoms with E-state index in [0.717, 1.165) is 22.6 Å². The van der Waals surface area contributed by atoms with Gasteiger partial charge in [0.1, 0.15) is 13.2 Å². The molecule has 1 N–H and O–H groups in total. The fraction of sp³-hybridized carbons (Fsp3) is 0.231. The van der Waals surface area contributed by atoms with E-state index in [0.29, 0.717) is 29.9 Å².